The van der Waals surface area contributed by atoms with E-state index >= 15 is 0 Å². The minimum atomic E-state index is -0.171. The van der Waals surface area contributed by atoms with Crippen LogP contribution in [0.4, 0.5) is 0 Å². The van der Waals surface area contributed by atoms with Gasteiger partial charge in [-0.15, -0.1) is 0 Å². The van der Waals surface area contributed by atoms with Crippen LogP contribution in [0.3, 0.4) is 0 Å². The Morgan fingerprint density at radius 3 is 2.33 bits per heavy atom. The highest BCUT2D eigenvalue weighted by atomic mass is 16.5. The van der Waals surface area contributed by atoms with Crippen LogP contribution in [0.1, 0.15) is 83.9 Å². The summed E-state index contributed by atoms with van der Waals surface area (Å²) in [5.74, 6) is 2.61. The van der Waals surface area contributed by atoms with Crippen molar-refractivity contribution < 1.29 is 9.53 Å². The van der Waals surface area contributed by atoms with Crippen molar-refractivity contribution in [2.45, 2.75) is 86.0 Å². The zero-order chi connectivity index (χ0) is 20.2. The van der Waals surface area contributed by atoms with Crippen LogP contribution in [-0.4, -0.2) is 12.9 Å². The Bertz CT molecular complexity index is 747. The van der Waals surface area contributed by atoms with Gasteiger partial charge in [-0.3, -0.25) is 4.79 Å². The molecule has 2 fully saturated rings. The molecule has 0 radical (unpaired) electrons. The summed E-state index contributed by atoms with van der Waals surface area (Å²) in [6.07, 6.45) is 5.33. The fourth-order valence-corrected chi connectivity index (χ4v) is 7.25. The average molecular weight is 371 g/mol. The first-order valence-corrected chi connectivity index (χ1v) is 10.9. The molecule has 1 aromatic carbocycles. The van der Waals surface area contributed by atoms with Crippen LogP contribution < -0.4 is 4.74 Å². The van der Waals surface area contributed by atoms with Crippen molar-refractivity contribution in [3.8, 4) is 5.75 Å². The fraction of sp³-hybridized carbons (Fsp3) is 0.720. The SMILES string of the molecule is CC.COc1cc(C)c2c(c1)CC1C3(C)CCC(=O)C(C)(C)C3CC[C@@]21C. The van der Waals surface area contributed by atoms with E-state index in [-0.39, 0.29) is 16.2 Å². The number of aryl methyl sites for hydroxylation is 1. The molecule has 2 nitrogen and oxygen atoms in total. The molecule has 3 aliphatic rings. The van der Waals surface area contributed by atoms with E-state index in [1.165, 1.54) is 24.0 Å². The second-order valence-corrected chi connectivity index (χ2v) is 9.89. The molecule has 0 aliphatic heterocycles. The largest absolute Gasteiger partial charge is 0.497 e. The Kier molecular flexibility index (Phi) is 5.02. The van der Waals surface area contributed by atoms with Crippen molar-refractivity contribution in [1.29, 1.82) is 0 Å². The molecule has 1 aromatic rings. The van der Waals surface area contributed by atoms with Gasteiger partial charge in [0.2, 0.25) is 0 Å². The first kappa shape index (κ1) is 20.4. The second kappa shape index (κ2) is 6.64. The van der Waals surface area contributed by atoms with Crippen LogP contribution in [0, 0.1) is 29.6 Å². The predicted octanol–water partition coefficient (Wildman–Crippen LogP) is 6.27. The van der Waals surface area contributed by atoms with Gasteiger partial charge < -0.3 is 4.74 Å². The van der Waals surface area contributed by atoms with Crippen LogP contribution in [0.25, 0.3) is 0 Å². The summed E-state index contributed by atoms with van der Waals surface area (Å²) in [5, 5.41) is 0. The number of benzene rings is 1. The predicted molar refractivity (Wildman–Crippen MR) is 112 cm³/mol. The van der Waals surface area contributed by atoms with E-state index < -0.39 is 0 Å². The lowest BCUT2D eigenvalue weighted by atomic mass is 9.43. The quantitative estimate of drug-likeness (QED) is 0.583. The van der Waals surface area contributed by atoms with E-state index in [2.05, 4.69) is 46.8 Å². The molecule has 3 aliphatic carbocycles. The molecule has 2 saturated carbocycles. The third kappa shape index (κ3) is 2.69. The minimum Gasteiger partial charge on any atom is -0.497 e. The molecule has 27 heavy (non-hydrogen) atoms. The van der Waals surface area contributed by atoms with Gasteiger partial charge in [0.25, 0.3) is 0 Å². The van der Waals surface area contributed by atoms with E-state index in [4.69, 9.17) is 4.74 Å². The van der Waals surface area contributed by atoms with Crippen molar-refractivity contribution in [2.75, 3.05) is 7.11 Å². The molecule has 0 bridgehead atoms. The topological polar surface area (TPSA) is 26.3 Å². The first-order chi connectivity index (χ1) is 12.6. The van der Waals surface area contributed by atoms with Crippen molar-refractivity contribution in [2.24, 2.45) is 22.7 Å². The molecule has 0 spiro atoms. The molecular formula is C25H38O2. The van der Waals surface area contributed by atoms with Gasteiger partial charge in [-0.05, 0) is 84.1 Å². The maximum absolute atomic E-state index is 12.6. The lowest BCUT2D eigenvalue weighted by molar-refractivity contribution is -0.151. The molecule has 0 heterocycles. The van der Waals surface area contributed by atoms with Gasteiger partial charge in [-0.1, -0.05) is 41.5 Å². The number of hydrogen-bond acceptors (Lipinski definition) is 2. The number of ketones is 1. The maximum atomic E-state index is 12.6. The van der Waals surface area contributed by atoms with Gasteiger partial charge >= 0.3 is 0 Å². The Hall–Kier alpha value is -1.31. The number of fused-ring (bicyclic) bond motifs is 5. The summed E-state index contributed by atoms with van der Waals surface area (Å²) < 4.78 is 5.54. The molecule has 2 heteroatoms. The van der Waals surface area contributed by atoms with Gasteiger partial charge in [0.1, 0.15) is 11.5 Å². The molecule has 0 saturated heterocycles. The summed E-state index contributed by atoms with van der Waals surface area (Å²) in [6.45, 7) is 15.6. The highest BCUT2D eigenvalue weighted by Crippen LogP contribution is 2.67. The summed E-state index contributed by atoms with van der Waals surface area (Å²) in [5.41, 5.74) is 4.77. The monoisotopic (exact) mass is 370 g/mol. The summed E-state index contributed by atoms with van der Waals surface area (Å²) in [6, 6.07) is 4.47. The highest BCUT2D eigenvalue weighted by Gasteiger charge is 2.62. The zero-order valence-electron chi connectivity index (χ0n) is 18.7. The number of hydrogen-bond donors (Lipinski definition) is 0. The Morgan fingerprint density at radius 1 is 1.04 bits per heavy atom. The van der Waals surface area contributed by atoms with E-state index in [9.17, 15) is 4.79 Å². The fourth-order valence-electron chi connectivity index (χ4n) is 7.25. The average Bonchev–Trinajstić information content (AvgIpc) is 2.94. The normalized spacial score (nSPS) is 36.1. The molecule has 4 atom stereocenters. The zero-order valence-corrected chi connectivity index (χ0v) is 18.7. The molecule has 4 rings (SSSR count). The van der Waals surface area contributed by atoms with Crippen LogP contribution in [0.5, 0.6) is 5.75 Å². The minimum absolute atomic E-state index is 0.171. The summed E-state index contributed by atoms with van der Waals surface area (Å²) in [7, 11) is 1.76. The molecular weight excluding hydrogens is 332 g/mol. The highest BCUT2D eigenvalue weighted by molar-refractivity contribution is 5.85. The lowest BCUT2D eigenvalue weighted by Crippen LogP contribution is -2.57. The van der Waals surface area contributed by atoms with Gasteiger partial charge in [0, 0.05) is 11.8 Å². The Balaban J connectivity index is 0.00000102. The number of methoxy groups -OCH3 is 1. The molecule has 0 aromatic heterocycles. The van der Waals surface area contributed by atoms with Crippen molar-refractivity contribution in [3.05, 3.63) is 28.8 Å². The van der Waals surface area contributed by atoms with E-state index in [1.807, 2.05) is 13.8 Å². The molecule has 3 unspecified atom stereocenters. The van der Waals surface area contributed by atoms with E-state index in [1.54, 1.807) is 12.7 Å². The number of ether oxygens (including phenoxy) is 1. The number of Topliss-reactive ketones (excluding diaryl/α,β-unsaturated/α-hetero) is 1. The lowest BCUT2D eigenvalue weighted by Gasteiger charge is -2.60. The number of carbonyl (C=O) groups is 1. The third-order valence-electron chi connectivity index (χ3n) is 8.42. The number of carbonyl (C=O) groups excluding carboxylic acids is 1. The van der Waals surface area contributed by atoms with E-state index in [0.29, 0.717) is 17.6 Å². The molecule has 0 N–H and O–H groups in total. The van der Waals surface area contributed by atoms with Gasteiger partial charge in [0.15, 0.2) is 0 Å². The van der Waals surface area contributed by atoms with Crippen LogP contribution >= 0.6 is 0 Å². The van der Waals surface area contributed by atoms with Crippen molar-refractivity contribution in [1.82, 2.24) is 0 Å². The third-order valence-corrected chi connectivity index (χ3v) is 8.42. The smallest absolute Gasteiger partial charge is 0.138 e. The number of rotatable bonds is 1. The van der Waals surface area contributed by atoms with Crippen molar-refractivity contribution >= 4 is 5.78 Å². The second-order valence-electron chi connectivity index (χ2n) is 9.89. The van der Waals surface area contributed by atoms with Crippen LogP contribution in [-0.2, 0) is 16.6 Å². The Labute approximate surface area is 166 Å². The summed E-state index contributed by atoms with van der Waals surface area (Å²) in [4.78, 5) is 12.6. The molecule has 150 valence electrons. The van der Waals surface area contributed by atoms with Crippen molar-refractivity contribution in [3.63, 3.8) is 0 Å². The maximum Gasteiger partial charge on any atom is 0.138 e. The molecule has 0 amide bonds. The van der Waals surface area contributed by atoms with Gasteiger partial charge in [-0.2, -0.15) is 0 Å². The van der Waals surface area contributed by atoms with Crippen LogP contribution in [0.15, 0.2) is 12.1 Å². The van der Waals surface area contributed by atoms with Gasteiger partial charge in [-0.25, -0.2) is 0 Å². The summed E-state index contributed by atoms with van der Waals surface area (Å²) >= 11 is 0. The van der Waals surface area contributed by atoms with E-state index in [0.717, 1.165) is 25.0 Å². The first-order valence-electron chi connectivity index (χ1n) is 10.9. The van der Waals surface area contributed by atoms with Gasteiger partial charge in [0.05, 0.1) is 7.11 Å². The van der Waals surface area contributed by atoms with Crippen LogP contribution in [0.2, 0.25) is 0 Å². The standard InChI is InChI=1S/C23H32O2.C2H6/c1-14-11-16(25-6)12-15-13-18-22(4)10-8-19(24)21(2,3)17(22)7-9-23(18,5)20(14)15;1-2/h11-12,17-18H,7-10,13H2,1-6H3;1-2H3/t17?,18?,22?,23-;/m1./s1. The Morgan fingerprint density at radius 2 is 1.70 bits per heavy atom.